The molecule has 3 aromatic rings. The van der Waals surface area contributed by atoms with Crippen LogP contribution in [0.1, 0.15) is 70.4 Å². The maximum absolute atomic E-state index is 15.5. The van der Waals surface area contributed by atoms with Gasteiger partial charge in [0.25, 0.3) is 11.8 Å². The average molecular weight is 1040 g/mol. The normalized spacial score (nSPS) is 15.0. The Morgan fingerprint density at radius 3 is 2.23 bits per heavy atom. The summed E-state index contributed by atoms with van der Waals surface area (Å²) in [5.74, 6) is -3.55. The SMILES string of the molecule is CC(=O)NCC1CN(c2ccc(-c3ccc(CN(C/C(=C/N)N=N)C(=O)OCc4ccc(NC(=O)[C@H](CCCNC(N)=O)NC(=O)[C@@H](NC(=O)CCCCCN5C(=O)C=CC5=O)C(C)C)cc4)cc3)c(F)c2)C(=O)O1. The zero-order valence-electron chi connectivity index (χ0n) is 41.9. The lowest BCUT2D eigenvalue weighted by molar-refractivity contribution is -0.137. The molecule has 75 heavy (non-hydrogen) atoms. The monoisotopic (exact) mass is 1040 g/mol. The quantitative estimate of drug-likeness (QED) is 0.0299. The number of unbranched alkanes of at least 4 members (excludes halogenated alkanes) is 2. The number of benzene rings is 3. The minimum absolute atomic E-state index is 0.0111. The summed E-state index contributed by atoms with van der Waals surface area (Å²) >= 11 is 0. The van der Waals surface area contributed by atoms with Gasteiger partial charge in [0.15, 0.2) is 0 Å². The van der Waals surface area contributed by atoms with E-state index in [-0.39, 0.29) is 112 Å². The molecule has 5 rings (SSSR count). The first kappa shape index (κ1) is 57.2. The zero-order chi connectivity index (χ0) is 54.6. The molecular formula is C51H63FN12O11. The number of cyclic esters (lactones) is 1. The molecule has 400 valence electrons. The van der Waals surface area contributed by atoms with Crippen molar-refractivity contribution in [2.75, 3.05) is 42.9 Å². The number of ether oxygens (including phenoxy) is 2. The number of anilines is 2. The predicted octanol–water partition coefficient (Wildman–Crippen LogP) is 4.42. The van der Waals surface area contributed by atoms with Crippen LogP contribution in [-0.4, -0.2) is 114 Å². The van der Waals surface area contributed by atoms with Crippen LogP contribution >= 0.6 is 0 Å². The number of primary amides is 1. The van der Waals surface area contributed by atoms with Crippen molar-refractivity contribution in [2.45, 2.75) is 90.6 Å². The van der Waals surface area contributed by atoms with Crippen molar-refractivity contribution >= 4 is 65.0 Å². The van der Waals surface area contributed by atoms with Gasteiger partial charge in [0.1, 0.15) is 30.6 Å². The van der Waals surface area contributed by atoms with Gasteiger partial charge in [0.05, 0.1) is 31.0 Å². The van der Waals surface area contributed by atoms with E-state index in [9.17, 15) is 43.2 Å². The average Bonchev–Trinajstić information content (AvgIpc) is 3.92. The smallest absolute Gasteiger partial charge is 0.414 e. The number of halogens is 1. The van der Waals surface area contributed by atoms with E-state index in [0.29, 0.717) is 41.6 Å². The molecule has 24 heteroatoms. The Balaban J connectivity index is 1.15. The van der Waals surface area contributed by atoms with Gasteiger partial charge in [-0.2, -0.15) is 5.11 Å². The van der Waals surface area contributed by atoms with E-state index < -0.39 is 54.0 Å². The Kier molecular flexibility index (Phi) is 21.3. The maximum atomic E-state index is 15.5. The second kappa shape index (κ2) is 27.9. The number of amides is 10. The third kappa shape index (κ3) is 17.5. The molecular weight excluding hydrogens is 976 g/mol. The van der Waals surface area contributed by atoms with E-state index in [2.05, 4.69) is 31.7 Å². The summed E-state index contributed by atoms with van der Waals surface area (Å²) in [4.78, 5) is 116. The Morgan fingerprint density at radius 1 is 0.907 bits per heavy atom. The minimum atomic E-state index is -1.10. The van der Waals surface area contributed by atoms with E-state index in [1.807, 2.05) is 0 Å². The largest absolute Gasteiger partial charge is 0.445 e. The van der Waals surface area contributed by atoms with Crippen LogP contribution in [0, 0.1) is 17.3 Å². The fourth-order valence-corrected chi connectivity index (χ4v) is 7.88. The number of hydrogen-bond acceptors (Lipinski definition) is 14. The van der Waals surface area contributed by atoms with Crippen molar-refractivity contribution in [1.82, 2.24) is 31.1 Å². The van der Waals surface area contributed by atoms with Crippen LogP contribution in [0.15, 0.2) is 95.9 Å². The first-order chi connectivity index (χ1) is 35.8. The summed E-state index contributed by atoms with van der Waals surface area (Å²) in [5.41, 5.74) is 21.0. The molecule has 1 fully saturated rings. The molecule has 1 unspecified atom stereocenters. The lowest BCUT2D eigenvalue weighted by Crippen LogP contribution is -2.54. The number of urea groups is 1. The molecule has 10 N–H and O–H groups in total. The zero-order valence-corrected chi connectivity index (χ0v) is 41.9. The molecule has 1 saturated heterocycles. The van der Waals surface area contributed by atoms with Gasteiger partial charge in [0, 0.05) is 62.6 Å². The predicted molar refractivity (Wildman–Crippen MR) is 271 cm³/mol. The summed E-state index contributed by atoms with van der Waals surface area (Å²) in [6, 6.07) is 14.6. The minimum Gasteiger partial charge on any atom is -0.445 e. The van der Waals surface area contributed by atoms with Gasteiger partial charge in [-0.1, -0.05) is 56.7 Å². The van der Waals surface area contributed by atoms with Crippen LogP contribution < -0.4 is 43.0 Å². The Hall–Kier alpha value is -8.70. The fourth-order valence-electron chi connectivity index (χ4n) is 7.88. The molecule has 0 aliphatic carbocycles. The summed E-state index contributed by atoms with van der Waals surface area (Å²) in [7, 11) is 0. The number of rotatable bonds is 27. The fraction of sp³-hybridized carbons (Fsp3) is 0.392. The number of nitrogens with two attached hydrogens (primary N) is 2. The number of carbonyl (C=O) groups excluding carboxylic acids is 9. The van der Waals surface area contributed by atoms with Crippen molar-refractivity contribution in [3.63, 3.8) is 0 Å². The lowest BCUT2D eigenvalue weighted by Gasteiger charge is -2.25. The molecule has 0 radical (unpaired) electrons. The Labute approximate surface area is 432 Å². The topological polar surface area (TPSA) is 330 Å². The summed E-state index contributed by atoms with van der Waals surface area (Å²) in [5, 5.41) is 16.7. The van der Waals surface area contributed by atoms with Gasteiger partial charge in [-0.3, -0.25) is 43.5 Å². The van der Waals surface area contributed by atoms with Gasteiger partial charge in [-0.25, -0.2) is 24.3 Å². The third-order valence-electron chi connectivity index (χ3n) is 11.9. The highest BCUT2D eigenvalue weighted by atomic mass is 19.1. The molecule has 3 aromatic carbocycles. The third-order valence-corrected chi connectivity index (χ3v) is 11.9. The van der Waals surface area contributed by atoms with Crippen molar-refractivity contribution in [1.29, 1.82) is 5.53 Å². The summed E-state index contributed by atoms with van der Waals surface area (Å²) < 4.78 is 26.4. The van der Waals surface area contributed by atoms with Crippen LogP contribution in [-0.2, 0) is 51.4 Å². The van der Waals surface area contributed by atoms with Crippen LogP contribution in [0.2, 0.25) is 0 Å². The van der Waals surface area contributed by atoms with Gasteiger partial charge in [-0.15, -0.1) is 0 Å². The van der Waals surface area contributed by atoms with Gasteiger partial charge in [-0.05, 0) is 78.6 Å². The summed E-state index contributed by atoms with van der Waals surface area (Å²) in [6.07, 6.45) is 3.45. The standard InChI is InChI=1S/C51H63FN12O11/c1-31(2)46(60-43(66)9-5-4-6-23-63-44(67)20-21-45(63)68)48(70)59-42(8-7-22-56-49(54)71)47(69)58-36-16-12-34(13-17-36)30-74-50(72)62(28-37(25-53)61-55)27-33-10-14-35(15-11-33)40-19-18-38(24-41(40)52)64-29-39(75-51(64)73)26-57-32(3)65/h10-21,24-25,31,39,42,46,55H,4-9,22-23,26-30,53H2,1-3H3,(H,57,65)(H,58,69)(H,59,70)(H,60,66)(H3,54,56,71)/b37-25-,61-55?/t39?,42-,46-/m0/s1. The number of nitrogens with one attached hydrogen (secondary N) is 6. The molecule has 0 aromatic heterocycles. The highest BCUT2D eigenvalue weighted by Crippen LogP contribution is 2.30. The number of imide groups is 1. The summed E-state index contributed by atoms with van der Waals surface area (Å²) in [6.45, 7) is 5.06. The molecule has 0 bridgehead atoms. The van der Waals surface area contributed by atoms with Crippen molar-refractivity contribution in [3.05, 3.63) is 108 Å². The molecule has 3 atom stereocenters. The molecule has 10 amide bonds. The first-order valence-corrected chi connectivity index (χ1v) is 24.2. The van der Waals surface area contributed by atoms with Crippen LogP contribution in [0.25, 0.3) is 11.1 Å². The Bertz CT molecular complexity index is 2630. The number of hydrogen-bond donors (Lipinski definition) is 8. The second-order valence-corrected chi connectivity index (χ2v) is 18.0. The van der Waals surface area contributed by atoms with Crippen molar-refractivity contribution < 1.29 is 57.0 Å². The molecule has 2 aliphatic heterocycles. The van der Waals surface area contributed by atoms with Crippen molar-refractivity contribution in [3.8, 4) is 11.1 Å². The molecule has 0 spiro atoms. The van der Waals surface area contributed by atoms with Gasteiger partial charge < -0.3 is 47.5 Å². The molecule has 23 nitrogen and oxygen atoms in total. The maximum Gasteiger partial charge on any atom is 0.414 e. The van der Waals surface area contributed by atoms with Gasteiger partial charge in [0.2, 0.25) is 23.6 Å². The van der Waals surface area contributed by atoms with Crippen LogP contribution in [0.3, 0.4) is 0 Å². The van der Waals surface area contributed by atoms with E-state index in [0.717, 1.165) is 11.1 Å². The van der Waals surface area contributed by atoms with Gasteiger partial charge >= 0.3 is 18.2 Å². The highest BCUT2D eigenvalue weighted by molar-refractivity contribution is 6.12. The molecule has 2 aliphatic rings. The molecule has 0 saturated carbocycles. The van der Waals surface area contributed by atoms with E-state index in [1.165, 1.54) is 41.0 Å². The van der Waals surface area contributed by atoms with E-state index in [4.69, 9.17) is 26.5 Å². The van der Waals surface area contributed by atoms with E-state index in [1.54, 1.807) is 68.4 Å². The molecule has 2 heterocycles. The van der Waals surface area contributed by atoms with Crippen LogP contribution in [0.4, 0.5) is 30.1 Å². The van der Waals surface area contributed by atoms with Crippen molar-refractivity contribution in [2.24, 2.45) is 22.5 Å². The van der Waals surface area contributed by atoms with E-state index >= 15 is 4.39 Å². The lowest BCUT2D eigenvalue weighted by atomic mass is 10.0. The number of carbonyl (C=O) groups is 9. The number of nitrogens with zero attached hydrogens (tertiary/aromatic N) is 4. The Morgan fingerprint density at radius 2 is 1.60 bits per heavy atom. The second-order valence-electron chi connectivity index (χ2n) is 18.0. The van der Waals surface area contributed by atoms with Crippen LogP contribution in [0.5, 0.6) is 0 Å². The highest BCUT2D eigenvalue weighted by Gasteiger charge is 2.33. The first-order valence-electron chi connectivity index (χ1n) is 24.2.